The highest BCUT2D eigenvalue weighted by atomic mass is 35.5. The first-order valence-corrected chi connectivity index (χ1v) is 14.9. The predicted octanol–water partition coefficient (Wildman–Crippen LogP) is 10.7. The molecule has 0 unspecified atom stereocenters. The summed E-state index contributed by atoms with van der Waals surface area (Å²) in [6, 6.07) is 46.7. The topological polar surface area (TPSA) is 38.7 Å². The summed E-state index contributed by atoms with van der Waals surface area (Å²) >= 11 is 8.26. The summed E-state index contributed by atoms with van der Waals surface area (Å²) in [7, 11) is 0. The first kappa shape index (κ1) is 24.9. The average Bonchev–Trinajstić information content (AvgIpc) is 3.42. The van der Waals surface area contributed by atoms with E-state index in [1.165, 1.54) is 42.1 Å². The van der Waals surface area contributed by atoms with Gasteiger partial charge in [0.15, 0.2) is 11.6 Å². The van der Waals surface area contributed by atoms with Crippen LogP contribution in [0.4, 0.5) is 0 Å². The molecular formula is C37H22ClN3S. The third-order valence-electron chi connectivity index (χ3n) is 7.66. The Balaban J connectivity index is 1.18. The zero-order chi connectivity index (χ0) is 28.0. The fourth-order valence-electron chi connectivity index (χ4n) is 5.64. The lowest BCUT2D eigenvalue weighted by molar-refractivity contribution is 1.07. The standard InChI is InChI=1S/C37H22ClN3S/c38-37-40-35(39-36(41-37)28-17-19-34-32(22-28)31-13-4-5-15-33(31)42-34)27-12-6-10-24(21-27)25-16-18-30-26(20-25)11-7-14-29(30)23-8-2-1-3-9-23/h1-22H. The van der Waals surface area contributed by atoms with E-state index in [4.69, 9.17) is 16.6 Å². The normalized spacial score (nSPS) is 11.5. The molecule has 0 amide bonds. The molecule has 0 aliphatic rings. The van der Waals surface area contributed by atoms with Crippen LogP contribution < -0.4 is 0 Å². The van der Waals surface area contributed by atoms with Gasteiger partial charge in [-0.2, -0.15) is 9.97 Å². The smallest absolute Gasteiger partial charge is 0.208 e. The van der Waals surface area contributed by atoms with Crippen molar-refractivity contribution in [2.24, 2.45) is 0 Å². The largest absolute Gasteiger partial charge is 0.226 e. The van der Waals surface area contributed by atoms with Gasteiger partial charge in [-0.1, -0.05) is 97.1 Å². The average molecular weight is 576 g/mol. The van der Waals surface area contributed by atoms with Crippen LogP contribution in [0.1, 0.15) is 0 Å². The number of aromatic nitrogens is 3. The SMILES string of the molecule is Clc1nc(-c2cccc(-c3ccc4c(-c5ccccc5)cccc4c3)c2)nc(-c2ccc3sc4ccccc4c3c2)n1. The highest BCUT2D eigenvalue weighted by Crippen LogP contribution is 2.37. The van der Waals surface area contributed by atoms with Gasteiger partial charge in [-0.15, -0.1) is 11.3 Å². The van der Waals surface area contributed by atoms with Crippen molar-refractivity contribution >= 4 is 53.9 Å². The molecule has 8 aromatic rings. The van der Waals surface area contributed by atoms with Crippen LogP contribution in [0.15, 0.2) is 133 Å². The Hall–Kier alpha value is -4.90. The van der Waals surface area contributed by atoms with Crippen LogP contribution in [0.5, 0.6) is 0 Å². The number of rotatable bonds is 4. The minimum absolute atomic E-state index is 0.176. The van der Waals surface area contributed by atoms with E-state index in [9.17, 15) is 0 Å². The second-order valence-electron chi connectivity index (χ2n) is 10.2. The van der Waals surface area contributed by atoms with Crippen molar-refractivity contribution in [3.8, 4) is 45.0 Å². The van der Waals surface area contributed by atoms with Crippen LogP contribution in [-0.2, 0) is 0 Å². The van der Waals surface area contributed by atoms with E-state index in [1.54, 1.807) is 11.3 Å². The molecule has 0 aliphatic heterocycles. The maximum atomic E-state index is 6.47. The summed E-state index contributed by atoms with van der Waals surface area (Å²) in [4.78, 5) is 13.9. The predicted molar refractivity (Wildman–Crippen MR) is 177 cm³/mol. The fraction of sp³-hybridized carbons (Fsp3) is 0. The Morgan fingerprint density at radius 3 is 1.98 bits per heavy atom. The maximum Gasteiger partial charge on any atom is 0.226 e. The van der Waals surface area contributed by atoms with Gasteiger partial charge in [0, 0.05) is 31.3 Å². The van der Waals surface area contributed by atoms with Crippen molar-refractivity contribution in [3.05, 3.63) is 139 Å². The first-order chi connectivity index (χ1) is 20.7. The summed E-state index contributed by atoms with van der Waals surface area (Å²) in [5, 5.41) is 5.03. The van der Waals surface area contributed by atoms with Crippen LogP contribution in [-0.4, -0.2) is 15.0 Å². The van der Waals surface area contributed by atoms with Gasteiger partial charge in [0.1, 0.15) is 0 Å². The fourth-order valence-corrected chi connectivity index (χ4v) is 6.89. The molecular weight excluding hydrogens is 554 g/mol. The third kappa shape index (κ3) is 4.42. The van der Waals surface area contributed by atoms with E-state index in [0.29, 0.717) is 11.6 Å². The van der Waals surface area contributed by atoms with Crippen molar-refractivity contribution in [1.29, 1.82) is 0 Å². The van der Waals surface area contributed by atoms with Gasteiger partial charge in [-0.25, -0.2) is 4.98 Å². The lowest BCUT2D eigenvalue weighted by Gasteiger charge is -2.10. The molecule has 0 atom stereocenters. The monoisotopic (exact) mass is 575 g/mol. The molecule has 0 saturated heterocycles. The lowest BCUT2D eigenvalue weighted by Crippen LogP contribution is -1.97. The molecule has 0 fully saturated rings. The third-order valence-corrected chi connectivity index (χ3v) is 8.98. The van der Waals surface area contributed by atoms with E-state index in [0.717, 1.165) is 22.3 Å². The zero-order valence-electron chi connectivity index (χ0n) is 22.3. The number of benzene rings is 6. The maximum absolute atomic E-state index is 6.47. The molecule has 6 aromatic carbocycles. The van der Waals surface area contributed by atoms with Gasteiger partial charge in [0.05, 0.1) is 0 Å². The van der Waals surface area contributed by atoms with Crippen molar-refractivity contribution in [3.63, 3.8) is 0 Å². The highest BCUT2D eigenvalue weighted by molar-refractivity contribution is 7.25. The Morgan fingerprint density at radius 2 is 1.10 bits per heavy atom. The van der Waals surface area contributed by atoms with E-state index in [-0.39, 0.29) is 5.28 Å². The van der Waals surface area contributed by atoms with Gasteiger partial charge in [0.25, 0.3) is 0 Å². The number of thiophene rings is 1. The Bertz CT molecular complexity index is 2270. The first-order valence-electron chi connectivity index (χ1n) is 13.7. The van der Waals surface area contributed by atoms with E-state index >= 15 is 0 Å². The molecule has 5 heteroatoms. The van der Waals surface area contributed by atoms with Crippen LogP contribution in [0, 0.1) is 0 Å². The summed E-state index contributed by atoms with van der Waals surface area (Å²) < 4.78 is 2.50. The summed E-state index contributed by atoms with van der Waals surface area (Å²) in [5.41, 5.74) is 6.46. The van der Waals surface area contributed by atoms with Crippen LogP contribution in [0.2, 0.25) is 5.28 Å². The van der Waals surface area contributed by atoms with Crippen molar-refractivity contribution in [2.75, 3.05) is 0 Å². The van der Waals surface area contributed by atoms with Gasteiger partial charge in [-0.3, -0.25) is 0 Å². The number of halogens is 1. The minimum Gasteiger partial charge on any atom is -0.208 e. The van der Waals surface area contributed by atoms with Crippen LogP contribution in [0.25, 0.3) is 76.0 Å². The number of hydrogen-bond acceptors (Lipinski definition) is 4. The Morgan fingerprint density at radius 1 is 0.429 bits per heavy atom. The molecule has 0 aliphatic carbocycles. The molecule has 0 spiro atoms. The number of hydrogen-bond donors (Lipinski definition) is 0. The van der Waals surface area contributed by atoms with E-state index in [2.05, 4.69) is 125 Å². The van der Waals surface area contributed by atoms with Gasteiger partial charge in [-0.05, 0) is 81.0 Å². The van der Waals surface area contributed by atoms with Gasteiger partial charge >= 0.3 is 0 Å². The Labute approximate surface area is 251 Å². The number of nitrogens with zero attached hydrogens (tertiary/aromatic N) is 3. The van der Waals surface area contributed by atoms with Gasteiger partial charge < -0.3 is 0 Å². The molecule has 42 heavy (non-hydrogen) atoms. The lowest BCUT2D eigenvalue weighted by atomic mass is 9.95. The van der Waals surface area contributed by atoms with Gasteiger partial charge in [0.2, 0.25) is 5.28 Å². The van der Waals surface area contributed by atoms with E-state index < -0.39 is 0 Å². The second-order valence-corrected chi connectivity index (χ2v) is 11.7. The molecule has 2 aromatic heterocycles. The highest BCUT2D eigenvalue weighted by Gasteiger charge is 2.13. The molecule has 8 rings (SSSR count). The van der Waals surface area contributed by atoms with Crippen LogP contribution >= 0.6 is 22.9 Å². The zero-order valence-corrected chi connectivity index (χ0v) is 23.9. The summed E-state index contributed by atoms with van der Waals surface area (Å²) in [5.74, 6) is 1.11. The minimum atomic E-state index is 0.176. The second kappa shape index (κ2) is 10.2. The molecule has 3 nitrogen and oxygen atoms in total. The van der Waals surface area contributed by atoms with Crippen molar-refractivity contribution in [1.82, 2.24) is 15.0 Å². The molecule has 198 valence electrons. The van der Waals surface area contributed by atoms with E-state index in [1.807, 2.05) is 18.2 Å². The molecule has 0 saturated carbocycles. The quantitative estimate of drug-likeness (QED) is 0.209. The van der Waals surface area contributed by atoms with Crippen LogP contribution in [0.3, 0.4) is 0 Å². The van der Waals surface area contributed by atoms with Crippen molar-refractivity contribution in [2.45, 2.75) is 0 Å². The molecule has 0 N–H and O–H groups in total. The number of fused-ring (bicyclic) bond motifs is 4. The molecule has 0 bridgehead atoms. The summed E-state index contributed by atoms with van der Waals surface area (Å²) in [6.07, 6.45) is 0. The molecule has 2 heterocycles. The Kier molecular flexibility index (Phi) is 6.03. The summed E-state index contributed by atoms with van der Waals surface area (Å²) in [6.45, 7) is 0. The van der Waals surface area contributed by atoms with Crippen molar-refractivity contribution < 1.29 is 0 Å². The molecule has 0 radical (unpaired) electrons.